The zero-order chi connectivity index (χ0) is 22.0. The van der Waals surface area contributed by atoms with Gasteiger partial charge in [0.25, 0.3) is 5.56 Å². The summed E-state index contributed by atoms with van der Waals surface area (Å²) in [5.74, 6) is -0.314. The number of aryl methyl sites for hydroxylation is 2. The molecular weight excluding hydrogens is 390 g/mol. The lowest BCUT2D eigenvalue weighted by molar-refractivity contribution is -0.125. The largest absolute Gasteiger partial charge is 0.494 e. The molecule has 4 rings (SSSR count). The highest BCUT2D eigenvalue weighted by Gasteiger charge is 2.21. The first-order chi connectivity index (χ1) is 15.0. The molecule has 0 atom stereocenters. The van der Waals surface area contributed by atoms with Crippen LogP contribution in [0.5, 0.6) is 5.88 Å². The third kappa shape index (κ3) is 4.10. The Kier molecular flexibility index (Phi) is 5.89. The van der Waals surface area contributed by atoms with Crippen molar-refractivity contribution >= 4 is 22.9 Å². The van der Waals surface area contributed by atoms with Crippen molar-refractivity contribution in [1.29, 1.82) is 0 Å². The fourth-order valence-corrected chi connectivity index (χ4v) is 4.21. The first-order valence-corrected chi connectivity index (χ1v) is 10.7. The standard InChI is InChI=1S/C25H27N3O3/c1-16-12-13-19(14-17(16)2)28-24(30)21-11-7-6-10-20(21)22(25(28)31)15-26-27-23(29)18-8-4-3-5-9-18/h6-7,10-15,18,31H,3-5,8-9H2,1-2H3,(H,27,29). The number of rotatable bonds is 4. The molecule has 0 aliphatic heterocycles. The molecule has 2 N–H and O–H groups in total. The number of nitrogens with zero attached hydrogens (tertiary/aromatic N) is 2. The maximum absolute atomic E-state index is 13.2. The third-order valence-corrected chi connectivity index (χ3v) is 6.20. The predicted molar refractivity (Wildman–Crippen MR) is 123 cm³/mol. The van der Waals surface area contributed by atoms with Crippen molar-refractivity contribution < 1.29 is 9.90 Å². The van der Waals surface area contributed by atoms with Gasteiger partial charge in [0.1, 0.15) is 0 Å². The van der Waals surface area contributed by atoms with Gasteiger partial charge in [-0.2, -0.15) is 5.10 Å². The van der Waals surface area contributed by atoms with Crippen molar-refractivity contribution in [2.75, 3.05) is 0 Å². The molecule has 1 amide bonds. The van der Waals surface area contributed by atoms with Crippen molar-refractivity contribution in [3.63, 3.8) is 0 Å². The number of aromatic nitrogens is 1. The van der Waals surface area contributed by atoms with E-state index >= 15 is 0 Å². The highest BCUT2D eigenvalue weighted by molar-refractivity contribution is 6.02. The van der Waals surface area contributed by atoms with Crippen LogP contribution in [0.3, 0.4) is 0 Å². The molecule has 6 nitrogen and oxygen atoms in total. The number of carbonyl (C=O) groups excluding carboxylic acids is 1. The first-order valence-electron chi connectivity index (χ1n) is 10.7. The van der Waals surface area contributed by atoms with E-state index in [1.807, 2.05) is 32.0 Å². The molecule has 1 saturated carbocycles. The Morgan fingerprint density at radius 2 is 1.77 bits per heavy atom. The van der Waals surface area contributed by atoms with Gasteiger partial charge in [-0.1, -0.05) is 43.5 Å². The normalized spacial score (nSPS) is 14.9. The molecule has 0 unspecified atom stereocenters. The van der Waals surface area contributed by atoms with Crippen molar-refractivity contribution in [2.24, 2.45) is 11.0 Å². The summed E-state index contributed by atoms with van der Waals surface area (Å²) in [6, 6.07) is 12.7. The van der Waals surface area contributed by atoms with Crippen LogP contribution in [0.15, 0.2) is 52.4 Å². The summed E-state index contributed by atoms with van der Waals surface area (Å²) in [5.41, 5.74) is 5.40. The number of amides is 1. The van der Waals surface area contributed by atoms with Crippen molar-refractivity contribution in [3.05, 3.63) is 69.5 Å². The summed E-state index contributed by atoms with van der Waals surface area (Å²) in [6.45, 7) is 3.96. The van der Waals surface area contributed by atoms with Gasteiger partial charge in [0.15, 0.2) is 0 Å². The first kappa shape index (κ1) is 20.8. The summed E-state index contributed by atoms with van der Waals surface area (Å²) in [7, 11) is 0. The van der Waals surface area contributed by atoms with E-state index in [0.29, 0.717) is 22.0 Å². The van der Waals surface area contributed by atoms with Crippen LogP contribution in [0.4, 0.5) is 0 Å². The number of benzene rings is 2. The minimum absolute atomic E-state index is 0.0132. The van der Waals surface area contributed by atoms with E-state index < -0.39 is 0 Å². The topological polar surface area (TPSA) is 83.7 Å². The second-order valence-electron chi connectivity index (χ2n) is 8.26. The second kappa shape index (κ2) is 8.76. The van der Waals surface area contributed by atoms with E-state index in [-0.39, 0.29) is 23.3 Å². The van der Waals surface area contributed by atoms with E-state index in [2.05, 4.69) is 10.5 Å². The van der Waals surface area contributed by atoms with Crippen LogP contribution in [-0.4, -0.2) is 21.8 Å². The summed E-state index contributed by atoms with van der Waals surface area (Å²) < 4.78 is 1.29. The Morgan fingerprint density at radius 1 is 1.06 bits per heavy atom. The summed E-state index contributed by atoms with van der Waals surface area (Å²) >= 11 is 0. The molecule has 6 heteroatoms. The minimum atomic E-state index is -0.306. The number of fused-ring (bicyclic) bond motifs is 1. The number of hydrogen-bond donors (Lipinski definition) is 2. The molecule has 1 aliphatic carbocycles. The maximum atomic E-state index is 13.2. The molecule has 3 aromatic rings. The highest BCUT2D eigenvalue weighted by atomic mass is 16.3. The summed E-state index contributed by atoms with van der Waals surface area (Å²) in [6.07, 6.45) is 6.49. The zero-order valence-electron chi connectivity index (χ0n) is 17.9. The molecule has 1 aromatic heterocycles. The van der Waals surface area contributed by atoms with Gasteiger partial charge in [-0.3, -0.25) is 9.59 Å². The predicted octanol–water partition coefficient (Wildman–Crippen LogP) is 4.34. The molecule has 1 aliphatic rings. The Balaban J connectivity index is 1.76. The van der Waals surface area contributed by atoms with Gasteiger partial charge in [-0.05, 0) is 56.0 Å². The van der Waals surface area contributed by atoms with Crippen LogP contribution < -0.4 is 11.0 Å². The number of hydrazone groups is 1. The van der Waals surface area contributed by atoms with Crippen LogP contribution in [-0.2, 0) is 4.79 Å². The molecule has 31 heavy (non-hydrogen) atoms. The Bertz CT molecular complexity index is 1220. The maximum Gasteiger partial charge on any atom is 0.265 e. The Labute approximate surface area is 181 Å². The average Bonchev–Trinajstić information content (AvgIpc) is 2.79. The van der Waals surface area contributed by atoms with Gasteiger partial charge >= 0.3 is 0 Å². The zero-order valence-corrected chi connectivity index (χ0v) is 17.9. The molecule has 2 aromatic carbocycles. The lowest BCUT2D eigenvalue weighted by Crippen LogP contribution is -2.28. The minimum Gasteiger partial charge on any atom is -0.494 e. The van der Waals surface area contributed by atoms with Crippen LogP contribution in [0.2, 0.25) is 0 Å². The number of carbonyl (C=O) groups is 1. The third-order valence-electron chi connectivity index (χ3n) is 6.20. The van der Waals surface area contributed by atoms with Gasteiger partial charge in [-0.15, -0.1) is 0 Å². The Hall–Kier alpha value is -3.41. The van der Waals surface area contributed by atoms with Gasteiger partial charge in [-0.25, -0.2) is 9.99 Å². The molecule has 1 heterocycles. The van der Waals surface area contributed by atoms with Gasteiger partial charge in [0.2, 0.25) is 11.8 Å². The van der Waals surface area contributed by atoms with E-state index in [0.717, 1.165) is 36.8 Å². The highest BCUT2D eigenvalue weighted by Crippen LogP contribution is 2.27. The molecule has 160 valence electrons. The number of nitrogens with one attached hydrogen (secondary N) is 1. The molecule has 0 saturated heterocycles. The summed E-state index contributed by atoms with van der Waals surface area (Å²) in [4.78, 5) is 25.6. The van der Waals surface area contributed by atoms with Crippen LogP contribution >= 0.6 is 0 Å². The lowest BCUT2D eigenvalue weighted by Gasteiger charge is -2.19. The van der Waals surface area contributed by atoms with Crippen molar-refractivity contribution in [1.82, 2.24) is 9.99 Å². The van der Waals surface area contributed by atoms with Crippen LogP contribution in [0, 0.1) is 19.8 Å². The van der Waals surface area contributed by atoms with E-state index in [1.54, 1.807) is 24.3 Å². The van der Waals surface area contributed by atoms with E-state index in [4.69, 9.17) is 0 Å². The van der Waals surface area contributed by atoms with Gasteiger partial charge in [0.05, 0.1) is 17.5 Å². The average molecular weight is 418 g/mol. The van der Waals surface area contributed by atoms with Gasteiger partial charge < -0.3 is 5.11 Å². The number of pyridine rings is 1. The summed E-state index contributed by atoms with van der Waals surface area (Å²) in [5, 5.41) is 16.2. The number of aromatic hydroxyl groups is 1. The quantitative estimate of drug-likeness (QED) is 0.489. The smallest absolute Gasteiger partial charge is 0.265 e. The molecule has 0 bridgehead atoms. The fourth-order valence-electron chi connectivity index (χ4n) is 4.21. The molecule has 0 radical (unpaired) electrons. The van der Waals surface area contributed by atoms with Crippen LogP contribution in [0.1, 0.15) is 48.8 Å². The van der Waals surface area contributed by atoms with E-state index in [1.165, 1.54) is 17.2 Å². The molecule has 0 spiro atoms. The number of hydrogen-bond acceptors (Lipinski definition) is 4. The molecular formula is C25H27N3O3. The van der Waals surface area contributed by atoms with Crippen molar-refractivity contribution in [3.8, 4) is 11.6 Å². The second-order valence-corrected chi connectivity index (χ2v) is 8.26. The SMILES string of the molecule is Cc1ccc(-n2c(O)c(C=NNC(=O)C3CCCCC3)c3ccccc3c2=O)cc1C. The molecule has 1 fully saturated rings. The lowest BCUT2D eigenvalue weighted by atomic mass is 9.89. The fraction of sp³-hybridized carbons (Fsp3) is 0.320. The van der Waals surface area contributed by atoms with Crippen LogP contribution in [0.25, 0.3) is 16.5 Å². The van der Waals surface area contributed by atoms with Gasteiger partial charge in [0, 0.05) is 16.7 Å². The van der Waals surface area contributed by atoms with E-state index in [9.17, 15) is 14.7 Å². The Morgan fingerprint density at radius 3 is 2.48 bits per heavy atom. The van der Waals surface area contributed by atoms with Crippen molar-refractivity contribution in [2.45, 2.75) is 46.0 Å². The monoisotopic (exact) mass is 417 g/mol.